The first kappa shape index (κ1) is 19.2. The Kier molecular flexibility index (Phi) is 6.31. The number of carbonyl (C=O) groups excluding carboxylic acids is 2. The van der Waals surface area contributed by atoms with Gasteiger partial charge in [-0.1, -0.05) is 12.1 Å². The number of primary amides is 1. The number of nitrogens with zero attached hydrogens (tertiary/aromatic N) is 2. The van der Waals surface area contributed by atoms with Gasteiger partial charge in [0.1, 0.15) is 5.69 Å². The predicted octanol–water partition coefficient (Wildman–Crippen LogP) is 3.85. The van der Waals surface area contributed by atoms with Gasteiger partial charge in [-0.2, -0.15) is 5.10 Å². The number of aromatic nitrogens is 2. The maximum Gasteiger partial charge on any atom is 0.269 e. The van der Waals surface area contributed by atoms with E-state index in [2.05, 4.69) is 26.3 Å². The van der Waals surface area contributed by atoms with Gasteiger partial charge in [0.2, 0.25) is 5.91 Å². The highest BCUT2D eigenvalue weighted by atomic mass is 79.9. The van der Waals surface area contributed by atoms with Crippen LogP contribution in [-0.4, -0.2) is 27.3 Å². The third-order valence-electron chi connectivity index (χ3n) is 3.68. The van der Waals surface area contributed by atoms with Crippen LogP contribution in [0.4, 0.5) is 5.69 Å². The molecule has 8 heteroatoms. The number of hydrogen-bond donors (Lipinski definition) is 2. The normalized spacial score (nSPS) is 10.6. The molecule has 0 saturated heterocycles. The van der Waals surface area contributed by atoms with Crippen molar-refractivity contribution >= 4 is 45.2 Å². The van der Waals surface area contributed by atoms with Gasteiger partial charge in [-0.3, -0.25) is 9.59 Å². The molecule has 2 aromatic carbocycles. The molecule has 0 radical (unpaired) electrons. The largest absolute Gasteiger partial charge is 0.364 e. The maximum atomic E-state index is 12.1. The van der Waals surface area contributed by atoms with Crippen LogP contribution in [-0.2, 0) is 4.79 Å². The highest BCUT2D eigenvalue weighted by Gasteiger charge is 2.07. The minimum absolute atomic E-state index is 0.0441. The van der Waals surface area contributed by atoms with Gasteiger partial charge >= 0.3 is 0 Å². The number of hydrogen-bond acceptors (Lipinski definition) is 4. The Morgan fingerprint density at radius 2 is 1.85 bits per heavy atom. The average Bonchev–Trinajstić information content (AvgIpc) is 3.14. The van der Waals surface area contributed by atoms with E-state index in [0.29, 0.717) is 17.9 Å². The molecular weight excluding hydrogens is 428 g/mol. The van der Waals surface area contributed by atoms with Crippen LogP contribution in [0.5, 0.6) is 0 Å². The number of nitrogens with one attached hydrogen (secondary N) is 1. The van der Waals surface area contributed by atoms with Crippen LogP contribution in [0.3, 0.4) is 0 Å². The molecule has 0 bridgehead atoms. The Labute approximate surface area is 169 Å². The molecule has 0 spiro atoms. The molecule has 2 amide bonds. The molecular formula is C19H17BrN4O2S. The van der Waals surface area contributed by atoms with Crippen LogP contribution in [0, 0.1) is 0 Å². The van der Waals surface area contributed by atoms with Crippen molar-refractivity contribution in [3.8, 4) is 5.69 Å². The summed E-state index contributed by atoms with van der Waals surface area (Å²) < 4.78 is 2.59. The number of anilines is 1. The molecule has 1 aromatic heterocycles. The number of benzene rings is 2. The second-order valence-electron chi connectivity index (χ2n) is 5.63. The van der Waals surface area contributed by atoms with Crippen LogP contribution >= 0.6 is 27.7 Å². The molecule has 3 rings (SSSR count). The second kappa shape index (κ2) is 8.88. The predicted molar refractivity (Wildman–Crippen MR) is 110 cm³/mol. The minimum Gasteiger partial charge on any atom is -0.364 e. The van der Waals surface area contributed by atoms with Gasteiger partial charge in [-0.05, 0) is 58.4 Å². The zero-order chi connectivity index (χ0) is 19.2. The number of rotatable bonds is 7. The van der Waals surface area contributed by atoms with Crippen molar-refractivity contribution in [2.75, 3.05) is 11.1 Å². The number of carbonyl (C=O) groups is 2. The van der Waals surface area contributed by atoms with E-state index in [0.717, 1.165) is 15.1 Å². The summed E-state index contributed by atoms with van der Waals surface area (Å²) in [6.45, 7) is 0. The Bertz CT molecular complexity index is 956. The van der Waals surface area contributed by atoms with Gasteiger partial charge in [0.25, 0.3) is 5.91 Å². The number of halogens is 1. The van der Waals surface area contributed by atoms with Gasteiger partial charge in [-0.25, -0.2) is 4.68 Å². The first-order valence-corrected chi connectivity index (χ1v) is 9.94. The quantitative estimate of drug-likeness (QED) is 0.541. The third-order valence-corrected chi connectivity index (χ3v) is 5.71. The van der Waals surface area contributed by atoms with Gasteiger partial charge in [0, 0.05) is 33.4 Å². The molecule has 0 saturated carbocycles. The molecule has 0 unspecified atom stereocenters. The van der Waals surface area contributed by atoms with Gasteiger partial charge in [0.05, 0.1) is 5.69 Å². The zero-order valence-electron chi connectivity index (χ0n) is 14.3. The van der Waals surface area contributed by atoms with E-state index in [-0.39, 0.29) is 11.6 Å². The molecule has 138 valence electrons. The highest BCUT2D eigenvalue weighted by molar-refractivity contribution is 9.10. The lowest BCUT2D eigenvalue weighted by Crippen LogP contribution is -2.13. The molecule has 1 heterocycles. The monoisotopic (exact) mass is 444 g/mol. The van der Waals surface area contributed by atoms with Crippen molar-refractivity contribution in [2.24, 2.45) is 5.73 Å². The molecule has 0 aliphatic carbocycles. The second-order valence-corrected chi connectivity index (χ2v) is 7.62. The van der Waals surface area contributed by atoms with Crippen LogP contribution in [0.2, 0.25) is 0 Å². The molecule has 27 heavy (non-hydrogen) atoms. The lowest BCUT2D eigenvalue weighted by atomic mass is 10.2. The summed E-state index contributed by atoms with van der Waals surface area (Å²) in [5.41, 5.74) is 6.88. The van der Waals surface area contributed by atoms with Crippen molar-refractivity contribution in [3.05, 3.63) is 71.0 Å². The SMILES string of the molecule is NC(=O)c1ccn(-c2ccc(NC(=O)CCSc3ccccc3Br)cc2)n1. The summed E-state index contributed by atoms with van der Waals surface area (Å²) in [4.78, 5) is 24.3. The van der Waals surface area contributed by atoms with Crippen molar-refractivity contribution in [3.63, 3.8) is 0 Å². The van der Waals surface area contributed by atoms with Crippen LogP contribution in [0.25, 0.3) is 5.69 Å². The van der Waals surface area contributed by atoms with E-state index >= 15 is 0 Å². The van der Waals surface area contributed by atoms with E-state index < -0.39 is 5.91 Å². The molecule has 0 fully saturated rings. The summed E-state index contributed by atoms with van der Waals surface area (Å²) in [5, 5.41) is 6.97. The number of thioether (sulfide) groups is 1. The molecule has 3 N–H and O–H groups in total. The summed E-state index contributed by atoms with van der Waals surface area (Å²) in [7, 11) is 0. The average molecular weight is 445 g/mol. The summed E-state index contributed by atoms with van der Waals surface area (Å²) in [5.74, 6) is 0.0749. The molecule has 0 aliphatic rings. The van der Waals surface area contributed by atoms with E-state index in [1.807, 2.05) is 36.4 Å². The van der Waals surface area contributed by atoms with Gasteiger partial charge < -0.3 is 11.1 Å². The molecule has 0 atom stereocenters. The Morgan fingerprint density at radius 1 is 1.11 bits per heavy atom. The van der Waals surface area contributed by atoms with Crippen LogP contribution in [0.1, 0.15) is 16.9 Å². The zero-order valence-corrected chi connectivity index (χ0v) is 16.7. The van der Waals surface area contributed by atoms with Crippen LogP contribution in [0.15, 0.2) is 70.2 Å². The van der Waals surface area contributed by atoms with E-state index in [1.54, 1.807) is 40.8 Å². The van der Waals surface area contributed by atoms with Crippen molar-refractivity contribution < 1.29 is 9.59 Å². The van der Waals surface area contributed by atoms with E-state index in [4.69, 9.17) is 5.73 Å². The van der Waals surface area contributed by atoms with E-state index in [1.165, 1.54) is 0 Å². The third kappa shape index (κ3) is 5.21. The van der Waals surface area contributed by atoms with Crippen molar-refractivity contribution in [1.82, 2.24) is 9.78 Å². The fourth-order valence-electron chi connectivity index (χ4n) is 2.34. The summed E-state index contributed by atoms with van der Waals surface area (Å²) in [6.07, 6.45) is 2.07. The Morgan fingerprint density at radius 3 is 2.52 bits per heavy atom. The highest BCUT2D eigenvalue weighted by Crippen LogP contribution is 2.27. The fourth-order valence-corrected chi connectivity index (χ4v) is 3.85. The van der Waals surface area contributed by atoms with Gasteiger partial charge in [0.15, 0.2) is 0 Å². The molecule has 6 nitrogen and oxygen atoms in total. The first-order chi connectivity index (χ1) is 13.0. The smallest absolute Gasteiger partial charge is 0.269 e. The minimum atomic E-state index is -0.571. The summed E-state index contributed by atoms with van der Waals surface area (Å²) >= 11 is 5.13. The Balaban J connectivity index is 1.52. The fraction of sp³-hybridized carbons (Fsp3) is 0.105. The molecule has 3 aromatic rings. The lowest BCUT2D eigenvalue weighted by molar-refractivity contribution is -0.115. The maximum absolute atomic E-state index is 12.1. The standard InChI is InChI=1S/C19H17BrN4O2S/c20-15-3-1-2-4-17(15)27-12-10-18(25)22-13-5-7-14(8-6-13)24-11-9-16(23-24)19(21)26/h1-9,11H,10,12H2,(H2,21,26)(H,22,25). The Hall–Kier alpha value is -2.58. The van der Waals surface area contributed by atoms with Crippen molar-refractivity contribution in [2.45, 2.75) is 11.3 Å². The first-order valence-electron chi connectivity index (χ1n) is 8.16. The van der Waals surface area contributed by atoms with E-state index in [9.17, 15) is 9.59 Å². The van der Waals surface area contributed by atoms with Crippen LogP contribution < -0.4 is 11.1 Å². The van der Waals surface area contributed by atoms with Crippen molar-refractivity contribution in [1.29, 1.82) is 0 Å². The molecule has 0 aliphatic heterocycles. The number of nitrogens with two attached hydrogens (primary N) is 1. The lowest BCUT2D eigenvalue weighted by Gasteiger charge is -2.07. The van der Waals surface area contributed by atoms with Gasteiger partial charge in [-0.15, -0.1) is 11.8 Å². The number of amides is 2. The summed E-state index contributed by atoms with van der Waals surface area (Å²) in [6, 6.07) is 16.7. The topological polar surface area (TPSA) is 90.0 Å².